The summed E-state index contributed by atoms with van der Waals surface area (Å²) in [4.78, 5) is 14.7. The van der Waals surface area contributed by atoms with Crippen molar-refractivity contribution in [3.8, 4) is 0 Å². The van der Waals surface area contributed by atoms with Gasteiger partial charge in [-0.1, -0.05) is 23.7 Å². The lowest BCUT2D eigenvalue weighted by Gasteiger charge is -2.41. The first-order valence-electron chi connectivity index (χ1n) is 7.17. The Labute approximate surface area is 124 Å². The molecule has 3 rings (SSSR count). The molecule has 1 aromatic rings. The van der Waals surface area contributed by atoms with Gasteiger partial charge in [-0.2, -0.15) is 0 Å². The fourth-order valence-electron chi connectivity index (χ4n) is 4.00. The Morgan fingerprint density at radius 1 is 1.40 bits per heavy atom. The summed E-state index contributed by atoms with van der Waals surface area (Å²) in [7, 11) is 3.62. The Morgan fingerprint density at radius 2 is 2.20 bits per heavy atom. The number of piperidine rings is 1. The van der Waals surface area contributed by atoms with Crippen molar-refractivity contribution in [1.82, 2.24) is 4.90 Å². The van der Waals surface area contributed by atoms with Gasteiger partial charge in [-0.25, -0.2) is 0 Å². The van der Waals surface area contributed by atoms with Crippen LogP contribution in [-0.2, 0) is 9.53 Å². The highest BCUT2D eigenvalue weighted by Crippen LogP contribution is 2.46. The average molecular weight is 294 g/mol. The van der Waals surface area contributed by atoms with Crippen molar-refractivity contribution in [3.63, 3.8) is 0 Å². The van der Waals surface area contributed by atoms with Gasteiger partial charge >= 0.3 is 5.97 Å². The van der Waals surface area contributed by atoms with E-state index in [1.165, 1.54) is 13.5 Å². The lowest BCUT2D eigenvalue weighted by atomic mass is 9.76. The predicted molar refractivity (Wildman–Crippen MR) is 78.9 cm³/mol. The quantitative estimate of drug-likeness (QED) is 0.785. The van der Waals surface area contributed by atoms with Gasteiger partial charge in [0.25, 0.3) is 0 Å². The van der Waals surface area contributed by atoms with E-state index in [1.807, 2.05) is 18.2 Å². The summed E-state index contributed by atoms with van der Waals surface area (Å²) in [6.45, 7) is 0. The molecule has 0 amide bonds. The summed E-state index contributed by atoms with van der Waals surface area (Å²) in [5, 5.41) is 0.734. The van der Waals surface area contributed by atoms with Crippen molar-refractivity contribution in [2.45, 2.75) is 37.3 Å². The monoisotopic (exact) mass is 293 g/mol. The van der Waals surface area contributed by atoms with Crippen LogP contribution in [0.2, 0.25) is 5.02 Å². The van der Waals surface area contributed by atoms with Crippen molar-refractivity contribution >= 4 is 17.6 Å². The molecule has 2 heterocycles. The molecule has 0 N–H and O–H groups in total. The van der Waals surface area contributed by atoms with Crippen LogP contribution in [0.3, 0.4) is 0 Å². The van der Waals surface area contributed by atoms with Crippen molar-refractivity contribution in [1.29, 1.82) is 0 Å². The second-order valence-corrected chi connectivity index (χ2v) is 6.35. The molecule has 2 unspecified atom stereocenters. The van der Waals surface area contributed by atoms with E-state index in [-0.39, 0.29) is 17.8 Å². The number of methoxy groups -OCH3 is 1. The molecule has 0 radical (unpaired) electrons. The molecule has 3 nitrogen and oxygen atoms in total. The molecule has 4 atom stereocenters. The molecule has 108 valence electrons. The third kappa shape index (κ3) is 2.23. The van der Waals surface area contributed by atoms with E-state index in [0.29, 0.717) is 12.1 Å². The summed E-state index contributed by atoms with van der Waals surface area (Å²) in [5.74, 6) is 0.0456. The van der Waals surface area contributed by atoms with Gasteiger partial charge in [-0.15, -0.1) is 0 Å². The summed E-state index contributed by atoms with van der Waals surface area (Å²) < 4.78 is 5.07. The first-order valence-corrected chi connectivity index (χ1v) is 7.55. The van der Waals surface area contributed by atoms with E-state index in [9.17, 15) is 4.79 Å². The molecule has 4 heteroatoms. The maximum Gasteiger partial charge on any atom is 0.310 e. The van der Waals surface area contributed by atoms with Gasteiger partial charge in [0.1, 0.15) is 0 Å². The second-order valence-electron chi connectivity index (χ2n) is 5.91. The van der Waals surface area contributed by atoms with Gasteiger partial charge in [0.2, 0.25) is 0 Å². The SMILES string of the molecule is COC(=O)C1C2CC[C@H](C[C@@H]1c1cccc(Cl)c1)N2C. The van der Waals surface area contributed by atoms with Crippen LogP contribution >= 0.6 is 11.6 Å². The highest BCUT2D eigenvalue weighted by atomic mass is 35.5. The van der Waals surface area contributed by atoms with Crippen molar-refractivity contribution in [2.24, 2.45) is 5.92 Å². The lowest BCUT2D eigenvalue weighted by Crippen LogP contribution is -2.49. The van der Waals surface area contributed by atoms with E-state index in [0.717, 1.165) is 23.4 Å². The lowest BCUT2D eigenvalue weighted by molar-refractivity contribution is -0.150. The molecule has 2 bridgehead atoms. The number of carbonyl (C=O) groups excluding carboxylic acids is 1. The number of hydrogen-bond donors (Lipinski definition) is 0. The number of benzene rings is 1. The molecule has 1 aromatic carbocycles. The number of ether oxygens (including phenoxy) is 1. The number of carbonyl (C=O) groups is 1. The van der Waals surface area contributed by atoms with E-state index >= 15 is 0 Å². The zero-order valence-electron chi connectivity index (χ0n) is 11.9. The summed E-state index contributed by atoms with van der Waals surface area (Å²) in [6.07, 6.45) is 3.26. The van der Waals surface area contributed by atoms with Gasteiger partial charge in [-0.05, 0) is 44.0 Å². The smallest absolute Gasteiger partial charge is 0.310 e. The molecule has 2 fully saturated rings. The van der Waals surface area contributed by atoms with Crippen LogP contribution in [0.25, 0.3) is 0 Å². The van der Waals surface area contributed by atoms with Crippen molar-refractivity contribution < 1.29 is 9.53 Å². The highest BCUT2D eigenvalue weighted by Gasteiger charge is 2.49. The third-order valence-electron chi connectivity index (χ3n) is 5.02. The number of rotatable bonds is 2. The average Bonchev–Trinajstić information content (AvgIpc) is 2.69. The van der Waals surface area contributed by atoms with Gasteiger partial charge < -0.3 is 4.74 Å². The standard InChI is InChI=1S/C16H20ClNO2/c1-18-12-6-7-14(18)15(16(19)20-2)13(9-12)10-4-3-5-11(17)8-10/h3-5,8,12-15H,6-7,9H2,1-2H3/t12-,13-,14?,15?/m1/s1. The summed E-state index contributed by atoms with van der Waals surface area (Å²) in [5.41, 5.74) is 1.16. The molecular formula is C16H20ClNO2. The van der Waals surface area contributed by atoms with Crippen LogP contribution in [0.5, 0.6) is 0 Å². The Kier molecular flexibility index (Phi) is 3.74. The van der Waals surface area contributed by atoms with Gasteiger partial charge in [-0.3, -0.25) is 9.69 Å². The maximum absolute atomic E-state index is 12.3. The topological polar surface area (TPSA) is 29.5 Å². The fourth-order valence-corrected chi connectivity index (χ4v) is 4.20. The van der Waals surface area contributed by atoms with E-state index in [1.54, 1.807) is 0 Å². The number of halogens is 1. The van der Waals surface area contributed by atoms with Crippen molar-refractivity contribution in [3.05, 3.63) is 34.9 Å². The zero-order chi connectivity index (χ0) is 14.3. The molecule has 0 spiro atoms. The van der Waals surface area contributed by atoms with Crippen LogP contribution in [0, 0.1) is 5.92 Å². The number of nitrogens with zero attached hydrogens (tertiary/aromatic N) is 1. The molecular weight excluding hydrogens is 274 g/mol. The first-order chi connectivity index (χ1) is 9.61. The van der Waals surface area contributed by atoms with Crippen LogP contribution in [0.4, 0.5) is 0 Å². The van der Waals surface area contributed by atoms with Crippen molar-refractivity contribution in [2.75, 3.05) is 14.2 Å². The largest absolute Gasteiger partial charge is 0.469 e. The van der Waals surface area contributed by atoms with E-state index in [4.69, 9.17) is 16.3 Å². The minimum Gasteiger partial charge on any atom is -0.469 e. The summed E-state index contributed by atoms with van der Waals surface area (Å²) in [6, 6.07) is 8.79. The Bertz CT molecular complexity index is 519. The Balaban J connectivity index is 1.97. The molecule has 20 heavy (non-hydrogen) atoms. The maximum atomic E-state index is 12.3. The zero-order valence-corrected chi connectivity index (χ0v) is 12.6. The van der Waals surface area contributed by atoms with Gasteiger partial charge in [0.15, 0.2) is 0 Å². The molecule has 2 aliphatic rings. The molecule has 0 saturated carbocycles. The number of esters is 1. The van der Waals surface area contributed by atoms with Crippen LogP contribution in [0.1, 0.15) is 30.7 Å². The van der Waals surface area contributed by atoms with E-state index in [2.05, 4.69) is 18.0 Å². The van der Waals surface area contributed by atoms with E-state index < -0.39 is 0 Å². The van der Waals surface area contributed by atoms with Crippen LogP contribution in [0.15, 0.2) is 24.3 Å². The Morgan fingerprint density at radius 3 is 2.90 bits per heavy atom. The van der Waals surface area contributed by atoms with Crippen LogP contribution in [-0.4, -0.2) is 37.1 Å². The predicted octanol–water partition coefficient (Wildman–Crippen LogP) is 3.08. The molecule has 2 aliphatic heterocycles. The second kappa shape index (κ2) is 5.38. The van der Waals surface area contributed by atoms with Gasteiger partial charge in [0, 0.05) is 23.0 Å². The fraction of sp³-hybridized carbons (Fsp3) is 0.562. The highest BCUT2D eigenvalue weighted by molar-refractivity contribution is 6.30. The normalized spacial score (nSPS) is 33.1. The summed E-state index contributed by atoms with van der Waals surface area (Å²) >= 11 is 6.12. The molecule has 0 aliphatic carbocycles. The van der Waals surface area contributed by atoms with Crippen LogP contribution < -0.4 is 0 Å². The van der Waals surface area contributed by atoms with Gasteiger partial charge in [0.05, 0.1) is 13.0 Å². The minimum atomic E-state index is -0.0906. The minimum absolute atomic E-state index is 0.0813. The molecule has 0 aromatic heterocycles. The first kappa shape index (κ1) is 13.9. The molecule has 2 saturated heterocycles. The third-order valence-corrected chi connectivity index (χ3v) is 5.25. The Hall–Kier alpha value is -1.06. The number of hydrogen-bond acceptors (Lipinski definition) is 3. The number of fused-ring (bicyclic) bond motifs is 2.